The van der Waals surface area contributed by atoms with Crippen LogP contribution in [-0.2, 0) is 14.3 Å². The van der Waals surface area contributed by atoms with E-state index in [9.17, 15) is 9.59 Å². The molecule has 2 atom stereocenters. The number of allylic oxidation sites excluding steroid dienone is 1. The molecule has 172 valence electrons. The lowest BCUT2D eigenvalue weighted by Crippen LogP contribution is -2.39. The molecule has 3 rings (SSSR count). The summed E-state index contributed by atoms with van der Waals surface area (Å²) in [5, 5.41) is 5.61. The van der Waals surface area contributed by atoms with Crippen LogP contribution in [0.15, 0.2) is 45.6 Å². The predicted octanol–water partition coefficient (Wildman–Crippen LogP) is 3.76. The van der Waals surface area contributed by atoms with Crippen molar-refractivity contribution >= 4 is 28.8 Å². The number of amidine groups is 1. The van der Waals surface area contributed by atoms with Crippen molar-refractivity contribution in [2.24, 2.45) is 4.99 Å². The van der Waals surface area contributed by atoms with Crippen LogP contribution in [0, 0.1) is 0 Å². The van der Waals surface area contributed by atoms with E-state index in [1.807, 2.05) is 36.3 Å². The Labute approximate surface area is 192 Å². The van der Waals surface area contributed by atoms with E-state index in [-0.39, 0.29) is 18.4 Å². The highest BCUT2D eigenvalue weighted by Crippen LogP contribution is 2.46. The van der Waals surface area contributed by atoms with E-state index in [1.165, 1.54) is 18.9 Å². The summed E-state index contributed by atoms with van der Waals surface area (Å²) in [4.78, 5) is 32.0. The summed E-state index contributed by atoms with van der Waals surface area (Å²) in [5.41, 5.74) is 2.50. The summed E-state index contributed by atoms with van der Waals surface area (Å²) in [6.45, 7) is 5.78. The van der Waals surface area contributed by atoms with Crippen LogP contribution >= 0.6 is 11.8 Å². The number of rotatable bonds is 8. The van der Waals surface area contributed by atoms with Gasteiger partial charge in [-0.25, -0.2) is 9.79 Å². The zero-order chi connectivity index (χ0) is 23.4. The lowest BCUT2D eigenvalue weighted by molar-refractivity contribution is -0.136. The number of benzene rings is 1. The van der Waals surface area contributed by atoms with Crippen molar-refractivity contribution in [2.75, 3.05) is 21.3 Å². The fourth-order valence-corrected chi connectivity index (χ4v) is 4.60. The largest absolute Gasteiger partial charge is 0.497 e. The molecule has 0 bridgehead atoms. The molecular weight excluding hydrogens is 430 g/mol. The minimum absolute atomic E-state index is 0.0814. The highest BCUT2D eigenvalue weighted by Gasteiger charge is 2.41. The van der Waals surface area contributed by atoms with Crippen molar-refractivity contribution in [2.45, 2.75) is 45.7 Å². The Morgan fingerprint density at radius 3 is 2.41 bits per heavy atom. The van der Waals surface area contributed by atoms with E-state index < -0.39 is 12.0 Å². The van der Waals surface area contributed by atoms with Crippen LogP contribution in [0.25, 0.3) is 0 Å². The molecule has 2 aliphatic heterocycles. The number of hydrogen-bond acceptors (Lipinski definition) is 8. The SMILES string of the molecule is CC[C@@H](C)NC(=O)CC1=CSC2=NC(C)=C(C(=O)OC)[C@H](c3cc(OC)cc(OC)c3)N12. The van der Waals surface area contributed by atoms with Gasteiger partial charge in [0.05, 0.1) is 45.1 Å². The zero-order valence-corrected chi connectivity index (χ0v) is 20.0. The normalized spacial score (nSPS) is 18.4. The summed E-state index contributed by atoms with van der Waals surface area (Å²) >= 11 is 1.43. The molecule has 0 spiro atoms. The Hall–Kier alpha value is -2.94. The number of nitrogens with one attached hydrogen (secondary N) is 1. The van der Waals surface area contributed by atoms with Crippen LogP contribution < -0.4 is 14.8 Å². The van der Waals surface area contributed by atoms with Crippen molar-refractivity contribution in [1.29, 1.82) is 0 Å². The van der Waals surface area contributed by atoms with Gasteiger partial charge in [0.2, 0.25) is 5.91 Å². The lowest BCUT2D eigenvalue weighted by atomic mass is 9.93. The molecule has 0 radical (unpaired) electrons. The van der Waals surface area contributed by atoms with Gasteiger partial charge < -0.3 is 24.4 Å². The van der Waals surface area contributed by atoms with Gasteiger partial charge in [-0.2, -0.15) is 0 Å². The molecule has 0 saturated carbocycles. The molecule has 1 amide bonds. The molecule has 0 saturated heterocycles. The topological polar surface area (TPSA) is 89.5 Å². The highest BCUT2D eigenvalue weighted by atomic mass is 32.2. The molecule has 0 fully saturated rings. The summed E-state index contributed by atoms with van der Waals surface area (Å²) in [6.07, 6.45) is 1.01. The summed E-state index contributed by atoms with van der Waals surface area (Å²) in [5.74, 6) is 0.632. The predicted molar refractivity (Wildman–Crippen MR) is 124 cm³/mol. The van der Waals surface area contributed by atoms with Crippen LogP contribution in [0.4, 0.5) is 0 Å². The number of amides is 1. The van der Waals surface area contributed by atoms with Crippen molar-refractivity contribution in [3.05, 3.63) is 46.1 Å². The second-order valence-electron chi connectivity index (χ2n) is 7.58. The van der Waals surface area contributed by atoms with Gasteiger partial charge in [-0.05, 0) is 43.4 Å². The van der Waals surface area contributed by atoms with Crippen LogP contribution in [-0.4, -0.2) is 49.3 Å². The van der Waals surface area contributed by atoms with E-state index in [0.717, 1.165) is 17.7 Å². The molecule has 32 heavy (non-hydrogen) atoms. The van der Waals surface area contributed by atoms with Crippen molar-refractivity contribution < 1.29 is 23.8 Å². The number of aliphatic imine (C=N–C) groups is 1. The Morgan fingerprint density at radius 2 is 1.84 bits per heavy atom. The molecule has 1 N–H and O–H groups in total. The van der Waals surface area contributed by atoms with Crippen molar-refractivity contribution in [1.82, 2.24) is 10.2 Å². The fraction of sp³-hybridized carbons (Fsp3) is 0.435. The van der Waals surface area contributed by atoms with E-state index in [0.29, 0.717) is 27.9 Å². The molecule has 2 heterocycles. The van der Waals surface area contributed by atoms with Gasteiger partial charge >= 0.3 is 5.97 Å². The van der Waals surface area contributed by atoms with E-state index in [1.54, 1.807) is 27.2 Å². The second kappa shape index (κ2) is 10.1. The zero-order valence-electron chi connectivity index (χ0n) is 19.2. The highest BCUT2D eigenvalue weighted by molar-refractivity contribution is 8.16. The first-order valence-electron chi connectivity index (χ1n) is 10.4. The van der Waals surface area contributed by atoms with Crippen LogP contribution in [0.5, 0.6) is 11.5 Å². The van der Waals surface area contributed by atoms with Gasteiger partial charge in [0.1, 0.15) is 11.5 Å². The Balaban J connectivity index is 2.07. The third-order valence-electron chi connectivity index (χ3n) is 5.46. The standard InChI is InChI=1S/C23H29N3O5S/c1-7-13(2)24-19(27)10-16-12-32-23-25-14(3)20(22(28)31-6)21(26(16)23)15-8-17(29-4)11-18(9-15)30-5/h8-9,11-13,21H,7,10H2,1-6H3,(H,24,27)/t13-,21+/m1/s1. The molecule has 0 aliphatic carbocycles. The molecule has 0 unspecified atom stereocenters. The second-order valence-corrected chi connectivity index (χ2v) is 8.42. The van der Waals surface area contributed by atoms with Crippen LogP contribution in [0.3, 0.4) is 0 Å². The van der Waals surface area contributed by atoms with E-state index >= 15 is 0 Å². The lowest BCUT2D eigenvalue weighted by Gasteiger charge is -2.36. The number of hydrogen-bond donors (Lipinski definition) is 1. The fourth-order valence-electron chi connectivity index (χ4n) is 3.64. The number of methoxy groups -OCH3 is 3. The number of ether oxygens (including phenoxy) is 3. The maximum absolute atomic E-state index is 12.8. The maximum Gasteiger partial charge on any atom is 0.338 e. The Kier molecular flexibility index (Phi) is 7.50. The summed E-state index contributed by atoms with van der Waals surface area (Å²) in [7, 11) is 4.50. The number of fused-ring (bicyclic) bond motifs is 1. The minimum atomic E-state index is -0.545. The van der Waals surface area contributed by atoms with Gasteiger partial charge in [0.25, 0.3) is 0 Å². The molecule has 8 nitrogen and oxygen atoms in total. The quantitative estimate of drug-likeness (QED) is 0.592. The number of nitrogens with zero attached hydrogens (tertiary/aromatic N) is 2. The third kappa shape index (κ3) is 4.77. The molecule has 2 aliphatic rings. The van der Waals surface area contributed by atoms with Gasteiger partial charge in [0.15, 0.2) is 5.17 Å². The number of thioether (sulfide) groups is 1. The average Bonchev–Trinajstić information content (AvgIpc) is 3.18. The Bertz CT molecular complexity index is 979. The molecule has 0 aromatic heterocycles. The maximum atomic E-state index is 12.8. The van der Waals surface area contributed by atoms with Crippen LogP contribution in [0.1, 0.15) is 45.2 Å². The first kappa shape index (κ1) is 23.7. The van der Waals surface area contributed by atoms with Gasteiger partial charge in [0, 0.05) is 17.8 Å². The summed E-state index contributed by atoms with van der Waals surface area (Å²) < 4.78 is 16.0. The average molecular weight is 460 g/mol. The number of esters is 1. The molecule has 1 aromatic rings. The van der Waals surface area contributed by atoms with Crippen molar-refractivity contribution in [3.63, 3.8) is 0 Å². The molecule has 9 heteroatoms. The van der Waals surface area contributed by atoms with Crippen LogP contribution in [0.2, 0.25) is 0 Å². The Morgan fingerprint density at radius 1 is 1.19 bits per heavy atom. The number of carbonyl (C=O) groups excluding carboxylic acids is 2. The van der Waals surface area contributed by atoms with Gasteiger partial charge in [-0.15, -0.1) is 0 Å². The first-order valence-corrected chi connectivity index (χ1v) is 11.3. The first-order chi connectivity index (χ1) is 15.3. The number of carbonyl (C=O) groups is 2. The van der Waals surface area contributed by atoms with Gasteiger partial charge in [-0.3, -0.25) is 4.79 Å². The molecular formula is C23H29N3O5S. The van der Waals surface area contributed by atoms with E-state index in [2.05, 4.69) is 10.3 Å². The summed E-state index contributed by atoms with van der Waals surface area (Å²) in [6, 6.07) is 5.01. The third-order valence-corrected chi connectivity index (χ3v) is 6.35. The monoisotopic (exact) mass is 459 g/mol. The smallest absolute Gasteiger partial charge is 0.338 e. The van der Waals surface area contributed by atoms with Gasteiger partial charge in [-0.1, -0.05) is 18.7 Å². The van der Waals surface area contributed by atoms with E-state index in [4.69, 9.17) is 14.2 Å². The van der Waals surface area contributed by atoms with Crippen molar-refractivity contribution in [3.8, 4) is 11.5 Å². The molecule has 1 aromatic carbocycles. The minimum Gasteiger partial charge on any atom is -0.497 e.